The number of rotatable bonds is 7. The summed E-state index contributed by atoms with van der Waals surface area (Å²) in [5, 5.41) is 32.7. The number of hydrogen-bond donors (Lipinski definition) is 3. The lowest BCUT2D eigenvalue weighted by Crippen LogP contribution is -2.49. The van der Waals surface area contributed by atoms with Gasteiger partial charge in [0.15, 0.2) is 46.2 Å². The van der Waals surface area contributed by atoms with Crippen molar-refractivity contribution in [1.82, 2.24) is 50.5 Å². The van der Waals surface area contributed by atoms with Gasteiger partial charge >= 0.3 is 0 Å². The minimum atomic E-state index is -1.05. The highest BCUT2D eigenvalue weighted by atomic mass is 79.9. The molecule has 0 saturated carbocycles. The molecule has 8 rings (SSSR count). The summed E-state index contributed by atoms with van der Waals surface area (Å²) in [4.78, 5) is 68.2. The Morgan fingerprint density at radius 1 is 0.825 bits per heavy atom. The molecule has 0 bridgehead atoms. The van der Waals surface area contributed by atoms with Crippen molar-refractivity contribution in [2.75, 3.05) is 37.1 Å². The number of hydrogen-bond acceptors (Lipinski definition) is 14. The van der Waals surface area contributed by atoms with Crippen LogP contribution in [0.1, 0.15) is 43.2 Å². The van der Waals surface area contributed by atoms with Crippen LogP contribution in [0.3, 0.4) is 0 Å². The molecule has 0 radical (unpaired) electrons. The molecule has 320 valence electrons. The summed E-state index contributed by atoms with van der Waals surface area (Å²) in [6.07, 6.45) is 11.2. The van der Waals surface area contributed by atoms with Gasteiger partial charge < -0.3 is 20.1 Å². The minimum absolute atomic E-state index is 0.0800. The molecule has 20 nitrogen and oxygen atoms in total. The average Bonchev–Trinajstić information content (AvgIpc) is 3.86. The summed E-state index contributed by atoms with van der Waals surface area (Å²) >= 11 is 3.27. The number of carbonyl (C=O) groups excluding carboxylic acids is 4. The van der Waals surface area contributed by atoms with E-state index in [9.17, 15) is 28.0 Å². The summed E-state index contributed by atoms with van der Waals surface area (Å²) < 4.78 is 40.0. The van der Waals surface area contributed by atoms with Crippen LogP contribution in [0, 0.1) is 34.3 Å². The molecule has 0 fully saturated rings. The number of carbonyl (C=O) groups is 4. The van der Waals surface area contributed by atoms with Crippen LogP contribution in [0.4, 0.5) is 20.4 Å². The van der Waals surface area contributed by atoms with Gasteiger partial charge in [-0.3, -0.25) is 48.7 Å². The van der Waals surface area contributed by atoms with Crippen molar-refractivity contribution >= 4 is 51.2 Å². The first-order chi connectivity index (χ1) is 30.4. The number of nitriles is 2. The number of alkyl halides is 1. The number of likely N-dealkylation sites (N-methyl/N-ethyl adjacent to an activating group) is 2. The lowest BCUT2D eigenvalue weighted by atomic mass is 10.2. The zero-order valence-corrected chi connectivity index (χ0v) is 34.7. The first-order valence-electron chi connectivity index (χ1n) is 18.4. The molecule has 0 saturated heterocycles. The molecule has 6 aromatic rings. The van der Waals surface area contributed by atoms with Crippen molar-refractivity contribution < 1.29 is 37.4 Å². The maximum atomic E-state index is 14.4. The molecular weight excluding hydrogens is 890 g/mol. The average molecular weight is 924 g/mol. The summed E-state index contributed by atoms with van der Waals surface area (Å²) in [5.41, 5.74) is 1.81. The van der Waals surface area contributed by atoms with Crippen LogP contribution < -0.4 is 29.9 Å². The molecule has 0 aromatic carbocycles. The van der Waals surface area contributed by atoms with E-state index in [1.165, 1.54) is 53.4 Å². The van der Waals surface area contributed by atoms with Crippen LogP contribution in [0.25, 0.3) is 0 Å². The number of ether oxygens (including phenoxy) is 2. The van der Waals surface area contributed by atoms with Crippen LogP contribution in [0.15, 0.2) is 86.0 Å². The topological polar surface area (TPSA) is 263 Å². The van der Waals surface area contributed by atoms with E-state index in [1.807, 2.05) is 18.2 Å². The van der Waals surface area contributed by atoms with Crippen LogP contribution in [0.5, 0.6) is 11.5 Å². The Hall–Kier alpha value is -8.18. The third kappa shape index (κ3) is 10.8. The molecule has 3 N–H and O–H groups in total. The van der Waals surface area contributed by atoms with Crippen LogP contribution in [0.2, 0.25) is 0 Å². The summed E-state index contributed by atoms with van der Waals surface area (Å²) in [5.74, 6) is -2.61. The Kier molecular flexibility index (Phi) is 14.4. The van der Waals surface area contributed by atoms with E-state index >= 15 is 0 Å². The van der Waals surface area contributed by atoms with Crippen molar-refractivity contribution in [3.63, 3.8) is 0 Å². The van der Waals surface area contributed by atoms with Gasteiger partial charge in [0, 0.05) is 56.6 Å². The molecular formula is C40H33BrF2N14O6. The maximum absolute atomic E-state index is 14.4. The Morgan fingerprint density at radius 3 is 1.89 bits per heavy atom. The summed E-state index contributed by atoms with van der Waals surface area (Å²) in [6, 6.07) is 12.1. The number of aromatic nitrogens is 8. The monoisotopic (exact) mass is 922 g/mol. The van der Waals surface area contributed by atoms with Crippen LogP contribution >= 0.6 is 15.9 Å². The van der Waals surface area contributed by atoms with E-state index in [-0.39, 0.29) is 25.5 Å². The number of H-pyrrole nitrogens is 1. The molecule has 0 aliphatic carbocycles. The van der Waals surface area contributed by atoms with Crippen LogP contribution in [-0.4, -0.2) is 103 Å². The van der Waals surface area contributed by atoms with Gasteiger partial charge in [-0.25, -0.2) is 18.7 Å². The van der Waals surface area contributed by atoms with Gasteiger partial charge in [-0.05, 0) is 47.5 Å². The smallest absolute Gasteiger partial charge is 0.275 e. The number of aromatic amines is 1. The molecule has 0 spiro atoms. The Balaban J connectivity index is 0.000000178. The van der Waals surface area contributed by atoms with Gasteiger partial charge in [-0.15, -0.1) is 0 Å². The minimum Gasteiger partial charge on any atom is -0.487 e. The zero-order chi connectivity index (χ0) is 45.0. The highest BCUT2D eigenvalue weighted by Crippen LogP contribution is 2.28. The fourth-order valence-corrected chi connectivity index (χ4v) is 6.14. The van der Waals surface area contributed by atoms with Crippen molar-refractivity contribution in [2.24, 2.45) is 0 Å². The first-order valence-corrected chi connectivity index (χ1v) is 19.5. The number of fused-ring (bicyclic) bond motifs is 2. The van der Waals surface area contributed by atoms with E-state index < -0.39 is 53.0 Å². The predicted molar refractivity (Wildman–Crippen MR) is 219 cm³/mol. The van der Waals surface area contributed by atoms with Gasteiger partial charge in [0.05, 0.1) is 30.1 Å². The predicted octanol–water partition coefficient (Wildman–Crippen LogP) is 2.83. The second-order valence-corrected chi connectivity index (χ2v) is 13.8. The molecule has 23 heteroatoms. The Labute approximate surface area is 364 Å². The molecule has 2 aliphatic rings. The summed E-state index contributed by atoms with van der Waals surface area (Å²) in [6.45, 7) is -0.103. The van der Waals surface area contributed by atoms with E-state index in [1.54, 1.807) is 42.7 Å². The molecule has 2 aliphatic heterocycles. The highest BCUT2D eigenvalue weighted by molar-refractivity contribution is 9.08. The Morgan fingerprint density at radius 2 is 1.37 bits per heavy atom. The van der Waals surface area contributed by atoms with Gasteiger partial charge in [0.1, 0.15) is 37.4 Å². The molecule has 4 amide bonds. The van der Waals surface area contributed by atoms with E-state index in [0.29, 0.717) is 39.8 Å². The molecule has 2 atom stereocenters. The third-order valence-corrected chi connectivity index (χ3v) is 9.56. The lowest BCUT2D eigenvalue weighted by molar-refractivity contribution is -0.121. The molecule has 8 heterocycles. The zero-order valence-electron chi connectivity index (χ0n) is 33.1. The van der Waals surface area contributed by atoms with Crippen molar-refractivity contribution in [1.29, 1.82) is 10.5 Å². The normalized spacial score (nSPS) is 15.1. The van der Waals surface area contributed by atoms with E-state index in [2.05, 4.69) is 61.8 Å². The number of pyridine rings is 4. The molecule has 63 heavy (non-hydrogen) atoms. The lowest BCUT2D eigenvalue weighted by Gasteiger charge is -2.19. The quantitative estimate of drug-likeness (QED) is 0.195. The largest absolute Gasteiger partial charge is 0.487 e. The van der Waals surface area contributed by atoms with Gasteiger partial charge in [-0.1, -0.05) is 15.9 Å². The molecule has 6 aromatic heterocycles. The second-order valence-electron chi connectivity index (χ2n) is 13.3. The second kappa shape index (κ2) is 20.4. The fraction of sp³-hybridized carbons (Fsp3) is 0.200. The first kappa shape index (κ1) is 44.4. The fourth-order valence-electron chi connectivity index (χ4n) is 5.83. The number of anilines is 2. The SMILES string of the molecule is CN1C(=O)[C@@H](NC(=O)c2[nH]ncc2F)COc2cccnc21.CN1C(=O)[C@@H](NC(=O)c2nn(Cc3cncc(C#N)c3)cc2F)COc2cccnc21.N#Cc1cncc(CBr)c1. The van der Waals surface area contributed by atoms with E-state index in [0.717, 1.165) is 23.3 Å². The highest BCUT2D eigenvalue weighted by Gasteiger charge is 2.34. The van der Waals surface area contributed by atoms with Crippen molar-refractivity contribution in [3.05, 3.63) is 131 Å². The Bertz CT molecular complexity index is 2740. The van der Waals surface area contributed by atoms with Gasteiger partial charge in [0.2, 0.25) is 0 Å². The number of nitrogens with zero attached hydrogens (tertiary/aromatic N) is 11. The number of amides is 4. The van der Waals surface area contributed by atoms with Crippen molar-refractivity contribution in [3.8, 4) is 23.6 Å². The van der Waals surface area contributed by atoms with Gasteiger partial charge in [-0.2, -0.15) is 20.7 Å². The van der Waals surface area contributed by atoms with Gasteiger partial charge in [0.25, 0.3) is 23.6 Å². The number of nitrogens with one attached hydrogen (secondary N) is 3. The van der Waals surface area contributed by atoms with Crippen LogP contribution in [-0.2, 0) is 21.5 Å². The number of halogens is 3. The summed E-state index contributed by atoms with van der Waals surface area (Å²) in [7, 11) is 3.04. The van der Waals surface area contributed by atoms with Crippen molar-refractivity contribution in [2.45, 2.75) is 24.0 Å². The molecule has 0 unspecified atom stereocenters. The standard InChI is InChI=1S/C20H16FN7O3.C13H12FN5O3.C7H5BrN2/c1-27-18-16(3-2-4-24-18)31-11-15(20(27)30)25-19(29)17-14(21)10-28(26-17)9-13-5-12(6-22)7-23-8-13;1-19-11-9(3-2-4-15-11)22-6-8(13(19)21)17-12(20)10-7(14)5-16-18-10;8-2-6-1-7(3-9)5-10-4-6/h2-5,7-8,10,15H,9,11H2,1H3,(H,25,29);2-5,8H,6H2,1H3,(H,16,18)(H,17,20);1,4-5H,2H2/t15-;8-;/m00./s1. The third-order valence-electron chi connectivity index (χ3n) is 8.92. The van der Waals surface area contributed by atoms with E-state index in [4.69, 9.17) is 20.0 Å². The maximum Gasteiger partial charge on any atom is 0.275 e.